The van der Waals surface area contributed by atoms with Crippen molar-refractivity contribution < 1.29 is 19.1 Å². The van der Waals surface area contributed by atoms with Gasteiger partial charge in [0.25, 0.3) is 5.91 Å². The third-order valence-electron chi connectivity index (χ3n) is 4.64. The molecule has 28 heavy (non-hydrogen) atoms. The largest absolute Gasteiger partial charge is 0.477 e. The summed E-state index contributed by atoms with van der Waals surface area (Å²) >= 11 is 0. The topological polar surface area (TPSA) is 112 Å². The third-order valence-corrected chi connectivity index (χ3v) is 4.64. The average molecular weight is 384 g/mol. The van der Waals surface area contributed by atoms with Crippen molar-refractivity contribution in [1.29, 1.82) is 0 Å². The van der Waals surface area contributed by atoms with Gasteiger partial charge in [0.1, 0.15) is 17.2 Å². The van der Waals surface area contributed by atoms with Crippen LogP contribution in [0, 0.1) is 11.7 Å². The number of nitrogens with one attached hydrogen (secondary N) is 1. The summed E-state index contributed by atoms with van der Waals surface area (Å²) in [4.78, 5) is 33.1. The molecule has 0 saturated carbocycles. The van der Waals surface area contributed by atoms with Crippen molar-refractivity contribution in [2.75, 3.05) is 13.1 Å². The first-order chi connectivity index (χ1) is 13.4. The van der Waals surface area contributed by atoms with Crippen LogP contribution in [-0.4, -0.2) is 45.7 Å². The number of carbonyl (C=O) groups excluding carboxylic acids is 1. The van der Waals surface area contributed by atoms with Gasteiger partial charge in [0.15, 0.2) is 0 Å². The monoisotopic (exact) mass is 384 g/mol. The summed E-state index contributed by atoms with van der Waals surface area (Å²) < 4.78 is 13.1. The van der Waals surface area contributed by atoms with Crippen molar-refractivity contribution in [2.24, 2.45) is 16.6 Å². The minimum absolute atomic E-state index is 0.0581. The van der Waals surface area contributed by atoms with Crippen LogP contribution in [0.15, 0.2) is 58.9 Å². The fraction of sp³-hybridized carbons (Fsp3) is 0.250. The number of carbonyl (C=O) groups is 2. The van der Waals surface area contributed by atoms with E-state index in [0.717, 1.165) is 5.56 Å². The number of aromatic nitrogens is 1. The van der Waals surface area contributed by atoms with Crippen LogP contribution in [0.2, 0.25) is 0 Å². The standard InChI is InChI=1S/C20H21FN4O3/c1-12-10-25(19(26)16-3-2-8-23-16)11-15(17(22)20(27)28)18(12)24-9-13-4-6-14(21)7-5-13/h2-8,12,23H,9-11,22H2,1H3,(H,27,28)/b17-15-,24-18?. The van der Waals surface area contributed by atoms with Crippen molar-refractivity contribution in [2.45, 2.75) is 13.5 Å². The van der Waals surface area contributed by atoms with Gasteiger partial charge in [0.05, 0.1) is 13.1 Å². The number of carboxylic acids is 1. The summed E-state index contributed by atoms with van der Waals surface area (Å²) in [5, 5.41) is 9.37. The maximum Gasteiger partial charge on any atom is 0.352 e. The Morgan fingerprint density at radius 2 is 2.04 bits per heavy atom. The lowest BCUT2D eigenvalue weighted by Crippen LogP contribution is -2.46. The quantitative estimate of drug-likeness (QED) is 0.702. The molecule has 2 aromatic rings. The highest BCUT2D eigenvalue weighted by Crippen LogP contribution is 2.23. The fourth-order valence-corrected chi connectivity index (χ4v) is 3.21. The molecule has 1 aliphatic heterocycles. The van der Waals surface area contributed by atoms with E-state index in [0.29, 0.717) is 23.5 Å². The van der Waals surface area contributed by atoms with E-state index in [4.69, 9.17) is 5.73 Å². The summed E-state index contributed by atoms with van der Waals surface area (Å²) in [5.41, 5.74) is 7.59. The first-order valence-corrected chi connectivity index (χ1v) is 8.80. The number of nitrogens with two attached hydrogens (primary N) is 1. The number of amides is 1. The molecule has 1 unspecified atom stereocenters. The van der Waals surface area contributed by atoms with Crippen LogP contribution in [0.25, 0.3) is 0 Å². The Balaban J connectivity index is 1.90. The van der Waals surface area contributed by atoms with Crippen molar-refractivity contribution in [3.8, 4) is 0 Å². The molecule has 1 saturated heterocycles. The molecule has 0 spiro atoms. The van der Waals surface area contributed by atoms with Gasteiger partial charge in [-0.2, -0.15) is 0 Å². The number of halogens is 1. The number of hydrogen-bond donors (Lipinski definition) is 3. The summed E-state index contributed by atoms with van der Waals surface area (Å²) in [6.45, 7) is 2.58. The first-order valence-electron chi connectivity index (χ1n) is 8.80. The number of nitrogens with zero attached hydrogens (tertiary/aromatic N) is 2. The Labute approximate surface area is 161 Å². The van der Waals surface area contributed by atoms with Gasteiger partial charge in [-0.1, -0.05) is 19.1 Å². The predicted molar refractivity (Wildman–Crippen MR) is 102 cm³/mol. The number of piperidine rings is 1. The van der Waals surface area contributed by atoms with Crippen molar-refractivity contribution in [3.63, 3.8) is 0 Å². The van der Waals surface area contributed by atoms with Gasteiger partial charge < -0.3 is 20.7 Å². The van der Waals surface area contributed by atoms with E-state index < -0.39 is 5.97 Å². The number of H-pyrrole nitrogens is 1. The lowest BCUT2D eigenvalue weighted by molar-refractivity contribution is -0.132. The second-order valence-corrected chi connectivity index (χ2v) is 6.70. The highest BCUT2D eigenvalue weighted by Gasteiger charge is 2.32. The van der Waals surface area contributed by atoms with Gasteiger partial charge in [0, 0.05) is 29.9 Å². The normalized spacial score (nSPS) is 20.3. The van der Waals surface area contributed by atoms with Gasteiger partial charge in [-0.3, -0.25) is 9.79 Å². The fourth-order valence-electron chi connectivity index (χ4n) is 3.21. The minimum atomic E-state index is -1.26. The molecule has 146 valence electrons. The third kappa shape index (κ3) is 4.11. The summed E-state index contributed by atoms with van der Waals surface area (Å²) in [6.07, 6.45) is 1.65. The van der Waals surface area contributed by atoms with Gasteiger partial charge in [-0.05, 0) is 29.8 Å². The van der Waals surface area contributed by atoms with Gasteiger partial charge in [-0.25, -0.2) is 9.18 Å². The smallest absolute Gasteiger partial charge is 0.352 e. The molecule has 7 nitrogen and oxygen atoms in total. The van der Waals surface area contributed by atoms with E-state index in [-0.39, 0.29) is 36.4 Å². The van der Waals surface area contributed by atoms with Crippen LogP contribution < -0.4 is 5.73 Å². The van der Waals surface area contributed by atoms with E-state index in [1.54, 1.807) is 35.4 Å². The van der Waals surface area contributed by atoms with Crippen molar-refractivity contribution >= 4 is 17.6 Å². The maximum atomic E-state index is 13.1. The summed E-state index contributed by atoms with van der Waals surface area (Å²) in [6, 6.07) is 9.32. The Bertz CT molecular complexity index is 933. The number of aliphatic imine (C=N–C) groups is 1. The average Bonchev–Trinajstić information content (AvgIpc) is 3.21. The zero-order chi connectivity index (χ0) is 20.3. The lowest BCUT2D eigenvalue weighted by atomic mass is 9.90. The van der Waals surface area contributed by atoms with Crippen LogP contribution in [0.1, 0.15) is 23.0 Å². The molecule has 1 aliphatic rings. The molecule has 3 rings (SSSR count). The van der Waals surface area contributed by atoms with Crippen LogP contribution >= 0.6 is 0 Å². The summed E-state index contributed by atoms with van der Waals surface area (Å²) in [5.74, 6) is -2.03. The number of likely N-dealkylation sites (tertiary alicyclic amines) is 1. The lowest BCUT2D eigenvalue weighted by Gasteiger charge is -2.34. The first kappa shape index (κ1) is 19.3. The minimum Gasteiger partial charge on any atom is -0.477 e. The highest BCUT2D eigenvalue weighted by molar-refractivity contribution is 6.09. The van der Waals surface area contributed by atoms with E-state index in [9.17, 15) is 19.1 Å². The number of benzene rings is 1. The Morgan fingerprint density at radius 1 is 1.32 bits per heavy atom. The zero-order valence-electron chi connectivity index (χ0n) is 15.4. The molecule has 8 heteroatoms. The summed E-state index contributed by atoms with van der Waals surface area (Å²) in [7, 11) is 0. The number of hydrogen-bond acceptors (Lipinski definition) is 4. The van der Waals surface area contributed by atoms with Crippen molar-refractivity contribution in [1.82, 2.24) is 9.88 Å². The van der Waals surface area contributed by atoms with E-state index in [1.807, 2.05) is 6.92 Å². The molecule has 0 aliphatic carbocycles. The number of aliphatic carboxylic acids is 1. The van der Waals surface area contributed by atoms with E-state index >= 15 is 0 Å². The second kappa shape index (κ2) is 8.08. The number of aromatic amines is 1. The number of carboxylic acid groups (broad SMARTS) is 1. The SMILES string of the molecule is CC1CN(C(=O)c2ccc[nH]2)C/C(=C(/N)C(=O)O)C1=NCc1ccc(F)cc1. The highest BCUT2D eigenvalue weighted by atomic mass is 19.1. The Hall–Kier alpha value is -3.42. The van der Waals surface area contributed by atoms with E-state index in [1.165, 1.54) is 12.1 Å². The van der Waals surface area contributed by atoms with Crippen molar-refractivity contribution in [3.05, 3.63) is 70.9 Å². The molecular weight excluding hydrogens is 363 g/mol. The molecule has 1 aromatic heterocycles. The Morgan fingerprint density at radius 3 is 2.64 bits per heavy atom. The van der Waals surface area contributed by atoms with Gasteiger partial charge in [-0.15, -0.1) is 0 Å². The zero-order valence-corrected chi connectivity index (χ0v) is 15.4. The van der Waals surface area contributed by atoms with Crippen LogP contribution in [0.4, 0.5) is 4.39 Å². The Kier molecular flexibility index (Phi) is 5.58. The van der Waals surface area contributed by atoms with Gasteiger partial charge in [0.2, 0.25) is 0 Å². The molecule has 1 amide bonds. The maximum absolute atomic E-state index is 13.1. The van der Waals surface area contributed by atoms with Crippen LogP contribution in [-0.2, 0) is 11.3 Å². The van der Waals surface area contributed by atoms with Crippen LogP contribution in [0.3, 0.4) is 0 Å². The van der Waals surface area contributed by atoms with Crippen LogP contribution in [0.5, 0.6) is 0 Å². The van der Waals surface area contributed by atoms with E-state index in [2.05, 4.69) is 9.98 Å². The molecule has 1 atom stereocenters. The predicted octanol–water partition coefficient (Wildman–Crippen LogP) is 2.18. The number of rotatable bonds is 4. The second-order valence-electron chi connectivity index (χ2n) is 6.70. The molecule has 4 N–H and O–H groups in total. The molecule has 0 radical (unpaired) electrons. The molecule has 1 fully saturated rings. The molecule has 0 bridgehead atoms. The molecular formula is C20H21FN4O3. The van der Waals surface area contributed by atoms with Gasteiger partial charge >= 0.3 is 5.97 Å². The molecule has 2 heterocycles. The molecule has 1 aromatic carbocycles.